The Morgan fingerprint density at radius 3 is 2.29 bits per heavy atom. The zero-order valence-electron chi connectivity index (χ0n) is 8.11. The van der Waals surface area contributed by atoms with E-state index >= 15 is 0 Å². The second-order valence-electron chi connectivity index (χ2n) is 2.81. The molecule has 1 aromatic rings. The van der Waals surface area contributed by atoms with Gasteiger partial charge in [-0.1, -0.05) is 18.2 Å². The molecule has 94 valence electrons. The number of halogens is 4. The summed E-state index contributed by atoms with van der Waals surface area (Å²) in [5.41, 5.74) is -5.65. The summed E-state index contributed by atoms with van der Waals surface area (Å²) in [4.78, 5) is 0. The van der Waals surface area contributed by atoms with Crippen molar-refractivity contribution < 1.29 is 30.2 Å². The molecule has 0 radical (unpaired) electrons. The van der Waals surface area contributed by atoms with Crippen LogP contribution in [0.3, 0.4) is 0 Å². The van der Waals surface area contributed by atoms with Crippen LogP contribution in [0.1, 0.15) is 5.56 Å². The van der Waals surface area contributed by atoms with Crippen LogP contribution in [0.25, 0.3) is 6.08 Å². The summed E-state index contributed by atoms with van der Waals surface area (Å²) in [6.07, 6.45) is 0.837. The zero-order valence-corrected chi connectivity index (χ0v) is 8.93. The molecule has 8 heteroatoms. The van der Waals surface area contributed by atoms with Crippen molar-refractivity contribution in [2.75, 3.05) is 0 Å². The normalized spacial score (nSPS) is 12.9. The quantitative estimate of drug-likeness (QED) is 0.482. The fourth-order valence-corrected chi connectivity index (χ4v) is 1.41. The lowest BCUT2D eigenvalue weighted by Crippen LogP contribution is -2.28. The fraction of sp³-hybridized carbons (Fsp3) is 0.111. The van der Waals surface area contributed by atoms with Gasteiger partial charge in [-0.3, -0.25) is 0 Å². The Kier molecular flexibility index (Phi) is 3.76. The SMILES string of the molecule is O=S(=O)(Oc1ccccc1C=CF)C(F)(F)F. The lowest BCUT2D eigenvalue weighted by molar-refractivity contribution is -0.0500. The van der Waals surface area contributed by atoms with Gasteiger partial charge in [0.2, 0.25) is 0 Å². The molecule has 0 amide bonds. The first kappa shape index (κ1) is 13.5. The summed E-state index contributed by atoms with van der Waals surface area (Å²) in [5, 5.41) is 0. The van der Waals surface area contributed by atoms with Crippen molar-refractivity contribution >= 4 is 16.2 Å². The Hall–Kier alpha value is -1.57. The highest BCUT2D eigenvalue weighted by Gasteiger charge is 2.48. The van der Waals surface area contributed by atoms with E-state index in [0.29, 0.717) is 0 Å². The van der Waals surface area contributed by atoms with Crippen LogP contribution in [0, 0.1) is 0 Å². The summed E-state index contributed by atoms with van der Waals surface area (Å²) >= 11 is 0. The van der Waals surface area contributed by atoms with E-state index in [4.69, 9.17) is 0 Å². The zero-order chi connectivity index (χ0) is 13.1. The van der Waals surface area contributed by atoms with Crippen molar-refractivity contribution in [3.63, 3.8) is 0 Å². The molecule has 1 rings (SSSR count). The molecule has 0 aliphatic heterocycles. The van der Waals surface area contributed by atoms with Crippen LogP contribution in [0.5, 0.6) is 5.75 Å². The molecule has 0 atom stereocenters. The highest BCUT2D eigenvalue weighted by Crippen LogP contribution is 2.29. The van der Waals surface area contributed by atoms with Crippen molar-refractivity contribution in [2.24, 2.45) is 0 Å². The molecule has 0 N–H and O–H groups in total. The van der Waals surface area contributed by atoms with Crippen molar-refractivity contribution in [2.45, 2.75) is 5.51 Å². The first-order chi connectivity index (χ1) is 7.78. The third kappa shape index (κ3) is 3.19. The van der Waals surface area contributed by atoms with Gasteiger partial charge in [-0.2, -0.15) is 21.6 Å². The van der Waals surface area contributed by atoms with Crippen LogP contribution in [0.15, 0.2) is 30.6 Å². The van der Waals surface area contributed by atoms with Crippen LogP contribution < -0.4 is 4.18 Å². The maximum atomic E-state index is 12.0. The Bertz CT molecular complexity index is 519. The number of hydrogen-bond donors (Lipinski definition) is 0. The molecule has 0 unspecified atom stereocenters. The van der Waals surface area contributed by atoms with E-state index in [1.54, 1.807) is 0 Å². The van der Waals surface area contributed by atoms with Gasteiger partial charge in [0, 0.05) is 5.56 Å². The Morgan fingerprint density at radius 2 is 1.76 bits per heavy atom. The molecule has 0 fully saturated rings. The van der Waals surface area contributed by atoms with E-state index in [0.717, 1.165) is 12.1 Å². The van der Waals surface area contributed by atoms with Gasteiger partial charge in [0.25, 0.3) is 0 Å². The van der Waals surface area contributed by atoms with Crippen molar-refractivity contribution in [1.82, 2.24) is 0 Å². The third-order valence-electron chi connectivity index (χ3n) is 1.64. The predicted molar refractivity (Wildman–Crippen MR) is 52.2 cm³/mol. The van der Waals surface area contributed by atoms with Gasteiger partial charge in [-0.05, 0) is 12.1 Å². The van der Waals surface area contributed by atoms with Crippen molar-refractivity contribution in [3.8, 4) is 5.75 Å². The molecule has 0 aliphatic rings. The number of hydrogen-bond acceptors (Lipinski definition) is 3. The third-order valence-corrected chi connectivity index (χ3v) is 2.61. The molecule has 0 aromatic heterocycles. The monoisotopic (exact) mass is 270 g/mol. The van der Waals surface area contributed by atoms with E-state index < -0.39 is 21.4 Å². The average Bonchev–Trinajstić information content (AvgIpc) is 2.19. The first-order valence-electron chi connectivity index (χ1n) is 4.14. The van der Waals surface area contributed by atoms with Crippen molar-refractivity contribution in [1.29, 1.82) is 0 Å². The van der Waals surface area contributed by atoms with Crippen LogP contribution in [0.4, 0.5) is 17.6 Å². The molecule has 0 saturated carbocycles. The molecular formula is C9H6F4O3S. The molecule has 0 bridgehead atoms. The smallest absolute Gasteiger partial charge is 0.375 e. The minimum atomic E-state index is -5.75. The largest absolute Gasteiger partial charge is 0.534 e. The highest BCUT2D eigenvalue weighted by atomic mass is 32.2. The first-order valence-corrected chi connectivity index (χ1v) is 5.55. The van der Waals surface area contributed by atoms with Gasteiger partial charge in [-0.15, -0.1) is 0 Å². The summed E-state index contributed by atoms with van der Waals surface area (Å²) in [7, 11) is -5.75. The van der Waals surface area contributed by atoms with Gasteiger partial charge in [0.15, 0.2) is 0 Å². The fourth-order valence-electron chi connectivity index (χ4n) is 0.927. The van der Waals surface area contributed by atoms with Gasteiger partial charge >= 0.3 is 15.6 Å². The van der Waals surface area contributed by atoms with Gasteiger partial charge in [0.05, 0.1) is 6.33 Å². The minimum absolute atomic E-state index is 0.0579. The van der Waals surface area contributed by atoms with E-state index in [1.165, 1.54) is 18.2 Å². The van der Waals surface area contributed by atoms with Gasteiger partial charge in [-0.25, -0.2) is 4.39 Å². The second kappa shape index (κ2) is 4.74. The van der Waals surface area contributed by atoms with Crippen LogP contribution in [-0.2, 0) is 10.1 Å². The van der Waals surface area contributed by atoms with Gasteiger partial charge in [0.1, 0.15) is 5.75 Å². The number of alkyl halides is 3. The predicted octanol–water partition coefficient (Wildman–Crippen LogP) is 2.86. The summed E-state index contributed by atoms with van der Waals surface area (Å²) in [5.74, 6) is -0.598. The molecule has 0 heterocycles. The number of benzene rings is 1. The van der Waals surface area contributed by atoms with Crippen molar-refractivity contribution in [3.05, 3.63) is 36.2 Å². The molecule has 0 aliphatic carbocycles. The second-order valence-corrected chi connectivity index (χ2v) is 4.35. The van der Waals surface area contributed by atoms with E-state index in [9.17, 15) is 26.0 Å². The molecule has 1 aromatic carbocycles. The van der Waals surface area contributed by atoms with Crippen LogP contribution >= 0.6 is 0 Å². The number of rotatable bonds is 3. The van der Waals surface area contributed by atoms with Crippen LogP contribution in [0.2, 0.25) is 0 Å². The Balaban J connectivity index is 3.13. The summed E-state index contributed by atoms with van der Waals surface area (Å²) in [6, 6.07) is 4.84. The van der Waals surface area contributed by atoms with Gasteiger partial charge < -0.3 is 4.18 Å². The minimum Gasteiger partial charge on any atom is -0.375 e. The Labute approximate surface area is 94.4 Å². The lowest BCUT2D eigenvalue weighted by Gasteiger charge is -2.10. The topological polar surface area (TPSA) is 43.4 Å². The molecule has 3 nitrogen and oxygen atoms in total. The maximum absolute atomic E-state index is 12.0. The molecule has 0 saturated heterocycles. The lowest BCUT2D eigenvalue weighted by atomic mass is 10.2. The number of para-hydroxylation sites is 1. The standard InChI is InChI=1S/C9H6F4O3S/c10-6-5-7-3-1-2-4-8(7)16-17(14,15)9(11,12)13/h1-6H. The summed E-state index contributed by atoms with van der Waals surface area (Å²) < 4.78 is 73.3. The summed E-state index contributed by atoms with van der Waals surface area (Å²) in [6.45, 7) is 0. The Morgan fingerprint density at radius 1 is 1.18 bits per heavy atom. The van der Waals surface area contributed by atoms with E-state index in [-0.39, 0.29) is 11.9 Å². The molecular weight excluding hydrogens is 264 g/mol. The highest BCUT2D eigenvalue weighted by molar-refractivity contribution is 7.88. The molecule has 0 spiro atoms. The average molecular weight is 270 g/mol. The maximum Gasteiger partial charge on any atom is 0.534 e. The molecule has 17 heavy (non-hydrogen) atoms. The van der Waals surface area contributed by atoms with Crippen LogP contribution in [-0.4, -0.2) is 13.9 Å². The van der Waals surface area contributed by atoms with E-state index in [2.05, 4.69) is 4.18 Å². The van der Waals surface area contributed by atoms with E-state index in [1.807, 2.05) is 0 Å².